The van der Waals surface area contributed by atoms with Gasteiger partial charge in [-0.05, 0) is 43.2 Å². The minimum Gasteiger partial charge on any atom is -0.486 e. The normalized spacial score (nSPS) is 24.2. The molecule has 0 spiro atoms. The maximum atomic E-state index is 13.1. The van der Waals surface area contributed by atoms with Gasteiger partial charge in [-0.3, -0.25) is 4.79 Å². The number of rotatable bonds is 3. The Kier molecular flexibility index (Phi) is 5.03. The van der Waals surface area contributed by atoms with Crippen molar-refractivity contribution >= 4 is 15.9 Å². The predicted molar refractivity (Wildman–Crippen MR) is 99.3 cm³/mol. The number of amides is 1. The third-order valence-corrected chi connectivity index (χ3v) is 7.85. The largest absolute Gasteiger partial charge is 0.486 e. The summed E-state index contributed by atoms with van der Waals surface area (Å²) >= 11 is 0. The quantitative estimate of drug-likeness (QED) is 0.780. The fourth-order valence-corrected chi connectivity index (χ4v) is 5.90. The second kappa shape index (κ2) is 7.31. The molecule has 1 aromatic carbocycles. The Morgan fingerprint density at radius 1 is 1.00 bits per heavy atom. The highest BCUT2D eigenvalue weighted by Crippen LogP contribution is 2.37. The number of benzene rings is 1. The highest BCUT2D eigenvalue weighted by molar-refractivity contribution is 7.89. The van der Waals surface area contributed by atoms with E-state index in [0.29, 0.717) is 49.6 Å². The maximum Gasteiger partial charge on any atom is 0.243 e. The highest BCUT2D eigenvalue weighted by Gasteiger charge is 2.37. The van der Waals surface area contributed by atoms with Crippen LogP contribution in [0.4, 0.5) is 0 Å². The Morgan fingerprint density at radius 3 is 2.37 bits per heavy atom. The standard InChI is InChI=1S/C19H26N2O5S/c1-14(22)20-7-4-15(5-8-20)16-6-9-21(13-16)27(23,24)17-2-3-18-19(12-17)26-11-10-25-18/h2-3,12,15-16H,4-11,13H2,1H3. The van der Waals surface area contributed by atoms with Crippen molar-refractivity contribution in [1.29, 1.82) is 0 Å². The van der Waals surface area contributed by atoms with Crippen LogP contribution in [0.3, 0.4) is 0 Å². The molecule has 3 aliphatic rings. The van der Waals surface area contributed by atoms with Crippen LogP contribution in [0, 0.1) is 11.8 Å². The van der Waals surface area contributed by atoms with E-state index in [4.69, 9.17) is 9.47 Å². The van der Waals surface area contributed by atoms with Crippen LogP contribution in [0.15, 0.2) is 23.1 Å². The van der Waals surface area contributed by atoms with Crippen molar-refractivity contribution in [1.82, 2.24) is 9.21 Å². The number of hydrogen-bond donors (Lipinski definition) is 0. The Bertz CT molecular complexity index is 817. The van der Waals surface area contributed by atoms with E-state index in [1.165, 1.54) is 0 Å². The number of fused-ring (bicyclic) bond motifs is 1. The average Bonchev–Trinajstić information content (AvgIpc) is 3.19. The van der Waals surface area contributed by atoms with Gasteiger partial charge >= 0.3 is 0 Å². The van der Waals surface area contributed by atoms with Gasteiger partial charge in [-0.25, -0.2) is 8.42 Å². The minimum absolute atomic E-state index is 0.127. The number of carbonyl (C=O) groups excluding carboxylic acids is 1. The van der Waals surface area contributed by atoms with Gasteiger partial charge in [0.2, 0.25) is 15.9 Å². The zero-order valence-corrected chi connectivity index (χ0v) is 16.4. The monoisotopic (exact) mass is 394 g/mol. The van der Waals surface area contributed by atoms with Crippen LogP contribution < -0.4 is 9.47 Å². The summed E-state index contributed by atoms with van der Waals surface area (Å²) < 4.78 is 38.7. The molecule has 3 aliphatic heterocycles. The number of ether oxygens (including phenoxy) is 2. The van der Waals surface area contributed by atoms with Crippen molar-refractivity contribution in [2.75, 3.05) is 39.4 Å². The van der Waals surface area contributed by atoms with Crippen molar-refractivity contribution < 1.29 is 22.7 Å². The van der Waals surface area contributed by atoms with Crippen molar-refractivity contribution in [2.24, 2.45) is 11.8 Å². The number of nitrogens with zero attached hydrogens (tertiary/aromatic N) is 2. The molecule has 1 unspecified atom stereocenters. The summed E-state index contributed by atoms with van der Waals surface area (Å²) in [6.45, 7) is 5.20. The molecule has 2 saturated heterocycles. The molecule has 1 aromatic rings. The van der Waals surface area contributed by atoms with Gasteiger partial charge in [0.05, 0.1) is 4.90 Å². The molecule has 1 atom stereocenters. The minimum atomic E-state index is -3.53. The van der Waals surface area contributed by atoms with Crippen LogP contribution in [-0.4, -0.2) is 62.9 Å². The molecule has 148 valence electrons. The van der Waals surface area contributed by atoms with E-state index in [1.54, 1.807) is 29.4 Å². The molecule has 0 bridgehead atoms. The SMILES string of the molecule is CC(=O)N1CCC(C2CCN(S(=O)(=O)c3ccc4c(c3)OCCO4)C2)CC1. The third kappa shape index (κ3) is 3.65. The molecule has 0 radical (unpaired) electrons. The van der Waals surface area contributed by atoms with Crippen LogP contribution >= 0.6 is 0 Å². The molecule has 8 heteroatoms. The van der Waals surface area contributed by atoms with E-state index < -0.39 is 10.0 Å². The summed E-state index contributed by atoms with van der Waals surface area (Å²) in [5.74, 6) is 2.07. The summed E-state index contributed by atoms with van der Waals surface area (Å²) in [4.78, 5) is 13.6. The molecular weight excluding hydrogens is 368 g/mol. The fraction of sp³-hybridized carbons (Fsp3) is 0.632. The topological polar surface area (TPSA) is 76.2 Å². The number of piperidine rings is 1. The number of sulfonamides is 1. The Morgan fingerprint density at radius 2 is 1.67 bits per heavy atom. The van der Waals surface area contributed by atoms with Crippen LogP contribution in [0.5, 0.6) is 11.5 Å². The van der Waals surface area contributed by atoms with Gasteiger partial charge in [0, 0.05) is 39.2 Å². The molecule has 1 amide bonds. The zero-order valence-electron chi connectivity index (χ0n) is 15.6. The van der Waals surface area contributed by atoms with E-state index in [9.17, 15) is 13.2 Å². The van der Waals surface area contributed by atoms with Gasteiger partial charge in [-0.2, -0.15) is 4.31 Å². The van der Waals surface area contributed by atoms with Crippen molar-refractivity contribution in [3.05, 3.63) is 18.2 Å². The van der Waals surface area contributed by atoms with Gasteiger partial charge in [0.15, 0.2) is 11.5 Å². The predicted octanol–water partition coefficient (Wildman–Crippen LogP) is 1.73. The molecule has 3 heterocycles. The van der Waals surface area contributed by atoms with Crippen LogP contribution in [0.2, 0.25) is 0 Å². The second-order valence-corrected chi connectivity index (χ2v) is 9.50. The van der Waals surface area contributed by atoms with Crippen LogP contribution in [0.25, 0.3) is 0 Å². The lowest BCUT2D eigenvalue weighted by Crippen LogP contribution is -2.39. The average molecular weight is 394 g/mol. The molecule has 0 N–H and O–H groups in total. The summed E-state index contributed by atoms with van der Waals surface area (Å²) in [5, 5.41) is 0. The van der Waals surface area contributed by atoms with Gasteiger partial charge < -0.3 is 14.4 Å². The molecule has 2 fully saturated rings. The smallest absolute Gasteiger partial charge is 0.243 e. The Balaban J connectivity index is 1.43. The van der Waals surface area contributed by atoms with E-state index in [2.05, 4.69) is 0 Å². The second-order valence-electron chi connectivity index (χ2n) is 7.56. The lowest BCUT2D eigenvalue weighted by molar-refractivity contribution is -0.130. The number of likely N-dealkylation sites (tertiary alicyclic amines) is 1. The molecule has 0 aliphatic carbocycles. The first-order valence-electron chi connectivity index (χ1n) is 9.60. The van der Waals surface area contributed by atoms with E-state index in [0.717, 1.165) is 32.4 Å². The first kappa shape index (κ1) is 18.6. The van der Waals surface area contributed by atoms with E-state index in [-0.39, 0.29) is 10.8 Å². The lowest BCUT2D eigenvalue weighted by atomic mass is 9.84. The van der Waals surface area contributed by atoms with Gasteiger partial charge in [0.25, 0.3) is 0 Å². The summed E-state index contributed by atoms with van der Waals surface area (Å²) in [6.07, 6.45) is 2.80. The summed E-state index contributed by atoms with van der Waals surface area (Å²) in [5.41, 5.74) is 0. The molecule has 27 heavy (non-hydrogen) atoms. The van der Waals surface area contributed by atoms with Crippen LogP contribution in [0.1, 0.15) is 26.2 Å². The van der Waals surface area contributed by atoms with Gasteiger partial charge in [0.1, 0.15) is 13.2 Å². The Hall–Kier alpha value is -1.80. The maximum absolute atomic E-state index is 13.1. The Labute approximate surface area is 160 Å². The van der Waals surface area contributed by atoms with Gasteiger partial charge in [-0.1, -0.05) is 0 Å². The summed E-state index contributed by atoms with van der Waals surface area (Å²) in [6, 6.07) is 4.84. The third-order valence-electron chi connectivity index (χ3n) is 5.99. The molecule has 0 aromatic heterocycles. The molecule has 7 nitrogen and oxygen atoms in total. The fourth-order valence-electron chi connectivity index (χ4n) is 4.38. The highest BCUT2D eigenvalue weighted by atomic mass is 32.2. The van der Waals surface area contributed by atoms with E-state index >= 15 is 0 Å². The first-order chi connectivity index (χ1) is 12.9. The van der Waals surface area contributed by atoms with Gasteiger partial charge in [-0.15, -0.1) is 0 Å². The lowest BCUT2D eigenvalue weighted by Gasteiger charge is -2.34. The molecule has 0 saturated carbocycles. The van der Waals surface area contributed by atoms with E-state index in [1.807, 2.05) is 4.90 Å². The molecule has 4 rings (SSSR count). The summed E-state index contributed by atoms with van der Waals surface area (Å²) in [7, 11) is -3.53. The van der Waals surface area contributed by atoms with Crippen molar-refractivity contribution in [3.63, 3.8) is 0 Å². The first-order valence-corrected chi connectivity index (χ1v) is 11.0. The zero-order chi connectivity index (χ0) is 19.0. The van der Waals surface area contributed by atoms with Crippen molar-refractivity contribution in [3.8, 4) is 11.5 Å². The van der Waals surface area contributed by atoms with Crippen molar-refractivity contribution in [2.45, 2.75) is 31.1 Å². The van der Waals surface area contributed by atoms with Crippen LogP contribution in [-0.2, 0) is 14.8 Å². The number of carbonyl (C=O) groups is 1. The number of hydrogen-bond acceptors (Lipinski definition) is 5. The molecular formula is C19H26N2O5S.